The quantitative estimate of drug-likeness (QED) is 0.536. The molecule has 124 valence electrons. The first-order chi connectivity index (χ1) is 12.3. The molecule has 1 heterocycles. The minimum Gasteiger partial charge on any atom is -0.497 e. The third-order valence-corrected chi connectivity index (χ3v) is 4.27. The van der Waals surface area contributed by atoms with Gasteiger partial charge in [-0.1, -0.05) is 30.3 Å². The van der Waals surface area contributed by atoms with E-state index in [1.165, 1.54) is 0 Å². The minimum absolute atomic E-state index is 0.0184. The Balaban J connectivity index is 1.94. The number of benzene rings is 3. The highest BCUT2D eigenvalue weighted by Gasteiger charge is 2.10. The van der Waals surface area contributed by atoms with E-state index in [0.29, 0.717) is 0 Å². The van der Waals surface area contributed by atoms with E-state index in [2.05, 4.69) is 11.4 Å². The summed E-state index contributed by atoms with van der Waals surface area (Å²) in [6.45, 7) is 0.0184. The number of methoxy groups -OCH3 is 1. The Bertz CT molecular complexity index is 1060. The van der Waals surface area contributed by atoms with Gasteiger partial charge in [-0.05, 0) is 35.9 Å². The van der Waals surface area contributed by atoms with Gasteiger partial charge in [0.05, 0.1) is 30.4 Å². The molecule has 0 aliphatic carbocycles. The minimum atomic E-state index is 0.0184. The van der Waals surface area contributed by atoms with Crippen molar-refractivity contribution in [1.29, 1.82) is 0 Å². The van der Waals surface area contributed by atoms with Gasteiger partial charge in [-0.3, -0.25) is 0 Å². The van der Waals surface area contributed by atoms with Crippen molar-refractivity contribution in [3.8, 4) is 5.75 Å². The van der Waals surface area contributed by atoms with Crippen molar-refractivity contribution in [2.45, 2.75) is 6.61 Å². The molecule has 1 aromatic heterocycles. The Morgan fingerprint density at radius 1 is 0.920 bits per heavy atom. The molecule has 0 unspecified atom stereocenters. The summed E-state index contributed by atoms with van der Waals surface area (Å²) in [4.78, 5) is 4.76. The Hall–Kier alpha value is -3.11. The standard InChI is InChI=1S/C21H18N2O2/c1-25-16-9-10-18-20(12-16)23-19-8-3-2-7-17(19)21(18)22-15-6-4-5-14(11-15)13-24/h2-12,24H,13H2,1H3,(H,22,23). The molecule has 0 atom stereocenters. The summed E-state index contributed by atoms with van der Waals surface area (Å²) in [6.07, 6.45) is 0. The van der Waals surface area contributed by atoms with Crippen molar-refractivity contribution in [3.05, 3.63) is 72.3 Å². The maximum absolute atomic E-state index is 9.38. The third kappa shape index (κ3) is 2.88. The van der Waals surface area contributed by atoms with Gasteiger partial charge in [-0.25, -0.2) is 4.98 Å². The van der Waals surface area contributed by atoms with Crippen LogP contribution in [0.2, 0.25) is 0 Å². The normalized spacial score (nSPS) is 11.0. The van der Waals surface area contributed by atoms with Crippen LogP contribution in [-0.4, -0.2) is 17.2 Å². The molecule has 0 saturated carbocycles. The smallest absolute Gasteiger partial charge is 0.121 e. The van der Waals surface area contributed by atoms with Gasteiger partial charge in [0.15, 0.2) is 0 Å². The van der Waals surface area contributed by atoms with Gasteiger partial charge in [-0.2, -0.15) is 0 Å². The fourth-order valence-corrected chi connectivity index (χ4v) is 3.03. The predicted molar refractivity (Wildman–Crippen MR) is 101 cm³/mol. The number of aliphatic hydroxyl groups is 1. The molecule has 0 saturated heterocycles. The van der Waals surface area contributed by atoms with Crippen molar-refractivity contribution in [3.63, 3.8) is 0 Å². The predicted octanol–water partition coefficient (Wildman–Crippen LogP) is 4.63. The maximum atomic E-state index is 9.38. The van der Waals surface area contributed by atoms with E-state index in [9.17, 15) is 5.11 Å². The molecule has 0 aliphatic heterocycles. The van der Waals surface area contributed by atoms with Gasteiger partial charge in [0.25, 0.3) is 0 Å². The number of ether oxygens (including phenoxy) is 1. The molecule has 25 heavy (non-hydrogen) atoms. The average Bonchev–Trinajstić information content (AvgIpc) is 2.67. The molecule has 0 radical (unpaired) electrons. The zero-order valence-corrected chi connectivity index (χ0v) is 13.9. The zero-order chi connectivity index (χ0) is 17.2. The van der Waals surface area contributed by atoms with Crippen LogP contribution in [0.25, 0.3) is 21.8 Å². The fraction of sp³-hybridized carbons (Fsp3) is 0.0952. The van der Waals surface area contributed by atoms with E-state index < -0.39 is 0 Å². The van der Waals surface area contributed by atoms with Crippen molar-refractivity contribution in [2.75, 3.05) is 12.4 Å². The number of fused-ring (bicyclic) bond motifs is 2. The van der Waals surface area contributed by atoms with Crippen LogP contribution >= 0.6 is 0 Å². The van der Waals surface area contributed by atoms with Crippen LogP contribution in [0.4, 0.5) is 11.4 Å². The lowest BCUT2D eigenvalue weighted by molar-refractivity contribution is 0.282. The van der Waals surface area contributed by atoms with Crippen molar-refractivity contribution >= 4 is 33.2 Å². The Morgan fingerprint density at radius 2 is 1.76 bits per heavy atom. The first-order valence-corrected chi connectivity index (χ1v) is 8.12. The lowest BCUT2D eigenvalue weighted by Crippen LogP contribution is -1.96. The number of aliphatic hydroxyl groups excluding tert-OH is 1. The largest absolute Gasteiger partial charge is 0.497 e. The summed E-state index contributed by atoms with van der Waals surface area (Å²) < 4.78 is 5.33. The van der Waals surface area contributed by atoms with Gasteiger partial charge < -0.3 is 15.2 Å². The second kappa shape index (κ2) is 6.42. The van der Waals surface area contributed by atoms with Gasteiger partial charge in [0.1, 0.15) is 5.75 Å². The van der Waals surface area contributed by atoms with E-state index in [1.54, 1.807) is 7.11 Å². The molecule has 4 nitrogen and oxygen atoms in total. The summed E-state index contributed by atoms with van der Waals surface area (Å²) in [7, 11) is 1.65. The summed E-state index contributed by atoms with van der Waals surface area (Å²) >= 11 is 0. The van der Waals surface area contributed by atoms with E-state index >= 15 is 0 Å². The van der Waals surface area contributed by atoms with Gasteiger partial charge in [0, 0.05) is 22.5 Å². The molecule has 0 aliphatic rings. The monoisotopic (exact) mass is 330 g/mol. The SMILES string of the molecule is COc1ccc2c(Nc3cccc(CO)c3)c3ccccc3nc2c1. The molecular weight excluding hydrogens is 312 g/mol. The van der Waals surface area contributed by atoms with Crippen molar-refractivity contribution < 1.29 is 9.84 Å². The average molecular weight is 330 g/mol. The number of nitrogens with one attached hydrogen (secondary N) is 1. The number of rotatable bonds is 4. The summed E-state index contributed by atoms with van der Waals surface area (Å²) in [5, 5.41) is 15.0. The highest BCUT2D eigenvalue weighted by atomic mass is 16.5. The topological polar surface area (TPSA) is 54.4 Å². The van der Waals surface area contributed by atoms with Crippen LogP contribution in [-0.2, 0) is 6.61 Å². The van der Waals surface area contributed by atoms with E-state index in [-0.39, 0.29) is 6.61 Å². The van der Waals surface area contributed by atoms with E-state index in [1.807, 2.05) is 60.7 Å². The summed E-state index contributed by atoms with van der Waals surface area (Å²) in [5.41, 5.74) is 4.59. The molecule has 0 fully saturated rings. The Morgan fingerprint density at radius 3 is 2.60 bits per heavy atom. The molecule has 4 rings (SSSR count). The highest BCUT2D eigenvalue weighted by molar-refractivity contribution is 6.08. The number of aromatic nitrogens is 1. The van der Waals surface area contributed by atoms with Crippen LogP contribution in [0.15, 0.2) is 66.7 Å². The second-order valence-corrected chi connectivity index (χ2v) is 5.87. The van der Waals surface area contributed by atoms with Crippen LogP contribution in [0, 0.1) is 0 Å². The number of hydrogen-bond acceptors (Lipinski definition) is 4. The number of para-hydroxylation sites is 1. The van der Waals surface area contributed by atoms with Gasteiger partial charge in [0.2, 0.25) is 0 Å². The lowest BCUT2D eigenvalue weighted by atomic mass is 10.1. The molecular formula is C21H18N2O2. The number of anilines is 2. The van der Waals surface area contributed by atoms with E-state index in [4.69, 9.17) is 9.72 Å². The Kier molecular flexibility index (Phi) is 3.96. The lowest BCUT2D eigenvalue weighted by Gasteiger charge is -2.14. The van der Waals surface area contributed by atoms with Gasteiger partial charge >= 0.3 is 0 Å². The van der Waals surface area contributed by atoms with Crippen molar-refractivity contribution in [2.24, 2.45) is 0 Å². The number of pyridine rings is 1. The van der Waals surface area contributed by atoms with E-state index in [0.717, 1.165) is 44.5 Å². The molecule has 3 aromatic carbocycles. The second-order valence-electron chi connectivity index (χ2n) is 5.87. The molecule has 2 N–H and O–H groups in total. The van der Waals surface area contributed by atoms with Gasteiger partial charge in [-0.15, -0.1) is 0 Å². The summed E-state index contributed by atoms with van der Waals surface area (Å²) in [6, 6.07) is 21.7. The van der Waals surface area contributed by atoms with Crippen LogP contribution in [0.1, 0.15) is 5.56 Å². The highest BCUT2D eigenvalue weighted by Crippen LogP contribution is 2.34. The number of hydrogen-bond donors (Lipinski definition) is 2. The third-order valence-electron chi connectivity index (χ3n) is 4.27. The molecule has 0 amide bonds. The van der Waals surface area contributed by atoms with Crippen LogP contribution < -0.4 is 10.1 Å². The molecule has 4 heteroatoms. The zero-order valence-electron chi connectivity index (χ0n) is 13.9. The summed E-state index contributed by atoms with van der Waals surface area (Å²) in [5.74, 6) is 0.781. The maximum Gasteiger partial charge on any atom is 0.121 e. The van der Waals surface area contributed by atoms with Crippen LogP contribution in [0.3, 0.4) is 0 Å². The Labute approximate surface area is 145 Å². The molecule has 0 spiro atoms. The first-order valence-electron chi connectivity index (χ1n) is 8.12. The number of nitrogens with zero attached hydrogens (tertiary/aromatic N) is 1. The van der Waals surface area contributed by atoms with Crippen molar-refractivity contribution in [1.82, 2.24) is 4.98 Å². The molecule has 0 bridgehead atoms. The fourth-order valence-electron chi connectivity index (χ4n) is 3.03. The molecule has 4 aromatic rings. The van der Waals surface area contributed by atoms with Crippen LogP contribution in [0.5, 0.6) is 5.75 Å². The first kappa shape index (κ1) is 15.4.